The summed E-state index contributed by atoms with van der Waals surface area (Å²) < 4.78 is 1.98. The van der Waals surface area contributed by atoms with Crippen molar-refractivity contribution in [3.8, 4) is 11.8 Å². The first kappa shape index (κ1) is 11.0. The summed E-state index contributed by atoms with van der Waals surface area (Å²) in [5, 5.41) is 0. The summed E-state index contributed by atoms with van der Waals surface area (Å²) >= 11 is 0.105. The van der Waals surface area contributed by atoms with Gasteiger partial charge in [0.15, 0.2) is 0 Å². The Morgan fingerprint density at radius 2 is 1.81 bits per heavy atom. The Bertz CT molecular complexity index is 555. The Balaban J connectivity index is 2.21. The van der Waals surface area contributed by atoms with Crippen LogP contribution in [0.2, 0.25) is 0 Å². The molecule has 0 aliphatic carbocycles. The average molecular weight is 273 g/mol. The zero-order valence-corrected chi connectivity index (χ0v) is 10.6. The number of hydrogen-bond donors (Lipinski definition) is 0. The molecule has 16 heavy (non-hydrogen) atoms. The minimum absolute atomic E-state index is 0.105. The Hall–Kier alpha value is -1.55. The van der Waals surface area contributed by atoms with Crippen molar-refractivity contribution >= 4 is 20.3 Å². The molecule has 2 aromatic rings. The second-order valence-corrected chi connectivity index (χ2v) is 5.61. The van der Waals surface area contributed by atoms with Gasteiger partial charge in [-0.05, 0) is 0 Å². The maximum absolute atomic E-state index is 11.1. The van der Waals surface area contributed by atoms with Crippen molar-refractivity contribution in [2.75, 3.05) is 0 Å². The molecule has 0 fully saturated rings. The molecule has 78 valence electrons. The number of carbonyl (C=O) groups excluding carboxylic acids is 1. The fraction of sp³-hybridized carbons (Fsp3) is 0.0714. The van der Waals surface area contributed by atoms with Crippen LogP contribution in [0.15, 0.2) is 42.5 Å². The number of hydrogen-bond acceptors (Lipinski definition) is 1. The third-order valence-corrected chi connectivity index (χ3v) is 4.37. The van der Waals surface area contributed by atoms with Crippen LogP contribution in [-0.4, -0.2) is 20.3 Å². The van der Waals surface area contributed by atoms with Crippen LogP contribution in [0.3, 0.4) is 0 Å². The number of ketones is 1. The quantitative estimate of drug-likeness (QED) is 0.443. The SMILES string of the molecule is CC(=O)c1ccc(C#Cc2ccccc2)[se]1. The summed E-state index contributed by atoms with van der Waals surface area (Å²) in [4.78, 5) is 11.1. The first-order valence-electron chi connectivity index (χ1n) is 4.93. The molecule has 0 spiro atoms. The molecule has 1 aromatic carbocycles. The monoisotopic (exact) mass is 274 g/mol. The molecule has 0 saturated heterocycles. The molecule has 0 unspecified atom stereocenters. The van der Waals surface area contributed by atoms with Crippen LogP contribution in [0, 0.1) is 11.8 Å². The molecule has 0 atom stereocenters. The average Bonchev–Trinajstić information content (AvgIpc) is 2.76. The van der Waals surface area contributed by atoms with E-state index in [1.54, 1.807) is 6.92 Å². The van der Waals surface area contributed by atoms with E-state index in [2.05, 4.69) is 11.8 Å². The van der Waals surface area contributed by atoms with E-state index in [0.29, 0.717) is 0 Å². The summed E-state index contributed by atoms with van der Waals surface area (Å²) in [7, 11) is 0. The summed E-state index contributed by atoms with van der Waals surface area (Å²) in [6.07, 6.45) is 0. The van der Waals surface area contributed by atoms with Crippen LogP contribution in [0.4, 0.5) is 0 Å². The van der Waals surface area contributed by atoms with Gasteiger partial charge >= 0.3 is 101 Å². The van der Waals surface area contributed by atoms with Gasteiger partial charge in [-0.3, -0.25) is 0 Å². The molecule has 0 amide bonds. The van der Waals surface area contributed by atoms with Gasteiger partial charge in [-0.25, -0.2) is 0 Å². The normalized spacial score (nSPS) is 9.31. The molecule has 0 N–H and O–H groups in total. The van der Waals surface area contributed by atoms with Crippen LogP contribution in [0.5, 0.6) is 0 Å². The van der Waals surface area contributed by atoms with E-state index in [0.717, 1.165) is 14.4 Å². The Morgan fingerprint density at radius 1 is 1.06 bits per heavy atom. The summed E-state index contributed by atoms with van der Waals surface area (Å²) in [6, 6.07) is 13.7. The van der Waals surface area contributed by atoms with Crippen molar-refractivity contribution in [3.05, 3.63) is 56.9 Å². The zero-order valence-electron chi connectivity index (χ0n) is 8.86. The molecule has 2 rings (SSSR count). The van der Waals surface area contributed by atoms with Gasteiger partial charge in [0.1, 0.15) is 0 Å². The Morgan fingerprint density at radius 3 is 2.44 bits per heavy atom. The maximum atomic E-state index is 11.1. The number of benzene rings is 1. The number of carbonyl (C=O) groups is 1. The molecule has 1 heterocycles. The Kier molecular flexibility index (Phi) is 3.41. The minimum atomic E-state index is 0.105. The third kappa shape index (κ3) is 2.73. The second-order valence-electron chi connectivity index (χ2n) is 3.34. The molecule has 0 aliphatic rings. The van der Waals surface area contributed by atoms with Gasteiger partial charge in [0.05, 0.1) is 0 Å². The molecule has 0 aliphatic heterocycles. The van der Waals surface area contributed by atoms with Crippen molar-refractivity contribution < 1.29 is 4.79 Å². The topological polar surface area (TPSA) is 17.1 Å². The van der Waals surface area contributed by atoms with Crippen molar-refractivity contribution in [3.63, 3.8) is 0 Å². The standard InChI is InChI=1S/C14H10OSe/c1-11(15)14-10-9-13(16-14)8-7-12-5-3-2-4-6-12/h2-6,9-10H,1H3. The molecular formula is C14H10OSe. The predicted octanol–water partition coefficient (Wildman–Crippen LogP) is 2.35. The fourth-order valence-corrected chi connectivity index (χ4v) is 2.83. The van der Waals surface area contributed by atoms with Crippen LogP contribution < -0.4 is 0 Å². The third-order valence-electron chi connectivity index (χ3n) is 2.06. The van der Waals surface area contributed by atoms with Gasteiger partial charge in [0.25, 0.3) is 0 Å². The first-order valence-corrected chi connectivity index (χ1v) is 6.65. The predicted molar refractivity (Wildman–Crippen MR) is 65.8 cm³/mol. The van der Waals surface area contributed by atoms with Gasteiger partial charge < -0.3 is 0 Å². The van der Waals surface area contributed by atoms with Gasteiger partial charge in [0.2, 0.25) is 0 Å². The van der Waals surface area contributed by atoms with E-state index in [1.165, 1.54) is 0 Å². The van der Waals surface area contributed by atoms with E-state index in [4.69, 9.17) is 0 Å². The molecule has 2 heteroatoms. The van der Waals surface area contributed by atoms with E-state index in [9.17, 15) is 4.79 Å². The van der Waals surface area contributed by atoms with Gasteiger partial charge in [-0.1, -0.05) is 0 Å². The molecule has 0 bridgehead atoms. The number of Topliss-reactive ketones (excluding diaryl/α,β-unsaturated/α-hetero) is 1. The molecule has 1 nitrogen and oxygen atoms in total. The van der Waals surface area contributed by atoms with E-state index < -0.39 is 0 Å². The van der Waals surface area contributed by atoms with Crippen molar-refractivity contribution in [2.45, 2.75) is 6.92 Å². The van der Waals surface area contributed by atoms with Crippen LogP contribution in [-0.2, 0) is 0 Å². The molecule has 1 aromatic heterocycles. The summed E-state index contributed by atoms with van der Waals surface area (Å²) in [6.45, 7) is 1.61. The van der Waals surface area contributed by atoms with Crippen molar-refractivity contribution in [1.82, 2.24) is 0 Å². The van der Waals surface area contributed by atoms with Crippen LogP contribution in [0.1, 0.15) is 26.2 Å². The fourth-order valence-electron chi connectivity index (χ4n) is 1.25. The second kappa shape index (κ2) is 4.98. The van der Waals surface area contributed by atoms with Gasteiger partial charge in [-0.15, -0.1) is 0 Å². The Labute approximate surface area is 101 Å². The number of rotatable bonds is 1. The van der Waals surface area contributed by atoms with Crippen molar-refractivity contribution in [2.24, 2.45) is 0 Å². The van der Waals surface area contributed by atoms with Gasteiger partial charge in [0, 0.05) is 0 Å². The van der Waals surface area contributed by atoms with E-state index >= 15 is 0 Å². The van der Waals surface area contributed by atoms with E-state index in [1.807, 2.05) is 42.5 Å². The van der Waals surface area contributed by atoms with Gasteiger partial charge in [-0.2, -0.15) is 0 Å². The summed E-state index contributed by atoms with van der Waals surface area (Å²) in [5.41, 5.74) is 1.01. The van der Waals surface area contributed by atoms with E-state index in [-0.39, 0.29) is 20.3 Å². The van der Waals surface area contributed by atoms with Crippen LogP contribution >= 0.6 is 0 Å². The summed E-state index contributed by atoms with van der Waals surface area (Å²) in [5.74, 6) is 6.38. The van der Waals surface area contributed by atoms with Crippen LogP contribution in [0.25, 0.3) is 0 Å². The molecular weight excluding hydrogens is 263 g/mol. The zero-order chi connectivity index (χ0) is 11.4. The van der Waals surface area contributed by atoms with Crippen molar-refractivity contribution in [1.29, 1.82) is 0 Å². The molecule has 0 radical (unpaired) electrons. The molecule has 0 saturated carbocycles. The first-order chi connectivity index (χ1) is 7.75.